The monoisotopic (exact) mass is 288 g/mol. The lowest BCUT2D eigenvalue weighted by Crippen LogP contribution is -2.15. The number of nitrogens with zero attached hydrogens (tertiary/aromatic N) is 2. The Balaban J connectivity index is 1.61. The van der Waals surface area contributed by atoms with Crippen molar-refractivity contribution in [2.75, 3.05) is 11.9 Å². The summed E-state index contributed by atoms with van der Waals surface area (Å²) >= 11 is 0. The Morgan fingerprint density at radius 2 is 2.29 bits per heavy atom. The summed E-state index contributed by atoms with van der Waals surface area (Å²) in [6, 6.07) is 6.85. The number of nitrogens with one attached hydrogen (secondary N) is 2. The van der Waals surface area contributed by atoms with Gasteiger partial charge in [0.05, 0.1) is 12.5 Å². The summed E-state index contributed by atoms with van der Waals surface area (Å²) in [6.07, 6.45) is 2.07. The highest BCUT2D eigenvalue weighted by Gasteiger charge is 2.22. The van der Waals surface area contributed by atoms with Gasteiger partial charge >= 0.3 is 6.01 Å². The molecule has 0 aliphatic carbocycles. The lowest BCUT2D eigenvalue weighted by atomic mass is 10.1. The Morgan fingerprint density at radius 1 is 1.43 bits per heavy atom. The third-order valence-electron chi connectivity index (χ3n) is 3.39. The maximum Gasteiger partial charge on any atom is 0.322 e. The van der Waals surface area contributed by atoms with Crippen molar-refractivity contribution in [3.8, 4) is 5.75 Å². The molecule has 7 nitrogen and oxygen atoms in total. The number of aromatic hydroxyl groups is 1. The minimum Gasteiger partial charge on any atom is -0.508 e. The van der Waals surface area contributed by atoms with Crippen LogP contribution < -0.4 is 10.6 Å². The zero-order valence-corrected chi connectivity index (χ0v) is 11.4. The molecule has 3 rings (SSSR count). The summed E-state index contributed by atoms with van der Waals surface area (Å²) in [6.45, 7) is 0.933. The van der Waals surface area contributed by atoms with E-state index < -0.39 is 0 Å². The van der Waals surface area contributed by atoms with Crippen molar-refractivity contribution >= 4 is 11.9 Å². The second-order valence-electron chi connectivity index (χ2n) is 4.95. The Labute approximate surface area is 121 Å². The number of aromatic nitrogens is 2. The highest BCUT2D eigenvalue weighted by molar-refractivity contribution is 5.90. The van der Waals surface area contributed by atoms with Crippen LogP contribution in [-0.4, -0.2) is 27.8 Å². The number of rotatable bonds is 4. The lowest BCUT2D eigenvalue weighted by molar-refractivity contribution is -0.115. The molecule has 110 valence electrons. The van der Waals surface area contributed by atoms with Gasteiger partial charge in [-0.3, -0.25) is 10.1 Å². The molecule has 1 unspecified atom stereocenters. The van der Waals surface area contributed by atoms with Gasteiger partial charge in [-0.2, -0.15) is 0 Å². The van der Waals surface area contributed by atoms with Crippen LogP contribution >= 0.6 is 0 Å². The summed E-state index contributed by atoms with van der Waals surface area (Å²) in [7, 11) is 0. The van der Waals surface area contributed by atoms with Crippen molar-refractivity contribution < 1.29 is 14.3 Å². The number of benzene rings is 1. The second kappa shape index (κ2) is 5.92. The molecule has 21 heavy (non-hydrogen) atoms. The SMILES string of the molecule is O=C(Cc1ccccc1O)Nc1nnc(C2CCCN2)o1. The van der Waals surface area contributed by atoms with E-state index >= 15 is 0 Å². The van der Waals surface area contributed by atoms with Gasteiger partial charge in [0.15, 0.2) is 0 Å². The van der Waals surface area contributed by atoms with Crippen LogP contribution in [0.5, 0.6) is 5.75 Å². The van der Waals surface area contributed by atoms with Gasteiger partial charge in [0.1, 0.15) is 5.75 Å². The number of amides is 1. The van der Waals surface area contributed by atoms with E-state index in [0.29, 0.717) is 11.5 Å². The van der Waals surface area contributed by atoms with Gasteiger partial charge in [-0.1, -0.05) is 23.3 Å². The summed E-state index contributed by atoms with van der Waals surface area (Å²) in [5.74, 6) is 0.269. The predicted molar refractivity (Wildman–Crippen MR) is 74.7 cm³/mol. The highest BCUT2D eigenvalue weighted by atomic mass is 16.4. The van der Waals surface area contributed by atoms with E-state index in [0.717, 1.165) is 19.4 Å². The smallest absolute Gasteiger partial charge is 0.322 e. The van der Waals surface area contributed by atoms with E-state index in [1.54, 1.807) is 24.3 Å². The van der Waals surface area contributed by atoms with Crippen LogP contribution in [0.4, 0.5) is 6.01 Å². The van der Waals surface area contributed by atoms with Crippen LogP contribution in [0.1, 0.15) is 30.3 Å². The van der Waals surface area contributed by atoms with Crippen LogP contribution in [0.25, 0.3) is 0 Å². The number of phenols is 1. The summed E-state index contributed by atoms with van der Waals surface area (Å²) in [5, 5.41) is 23.2. The number of para-hydroxylation sites is 1. The molecule has 2 aromatic rings. The fraction of sp³-hybridized carbons (Fsp3) is 0.357. The molecule has 0 radical (unpaired) electrons. The molecule has 1 atom stereocenters. The van der Waals surface area contributed by atoms with Crippen molar-refractivity contribution in [1.29, 1.82) is 0 Å². The van der Waals surface area contributed by atoms with Gasteiger partial charge in [0, 0.05) is 5.56 Å². The molecule has 0 bridgehead atoms. The molecule has 1 aromatic heterocycles. The third kappa shape index (κ3) is 3.19. The molecule has 0 saturated carbocycles. The van der Waals surface area contributed by atoms with Gasteiger partial charge in [0.2, 0.25) is 11.8 Å². The van der Waals surface area contributed by atoms with E-state index in [4.69, 9.17) is 4.42 Å². The molecule has 1 fully saturated rings. The maximum atomic E-state index is 11.9. The van der Waals surface area contributed by atoms with E-state index in [9.17, 15) is 9.90 Å². The highest BCUT2D eigenvalue weighted by Crippen LogP contribution is 2.23. The lowest BCUT2D eigenvalue weighted by Gasteiger charge is -2.04. The summed E-state index contributed by atoms with van der Waals surface area (Å²) < 4.78 is 5.43. The topological polar surface area (TPSA) is 100 Å². The Morgan fingerprint density at radius 3 is 3.05 bits per heavy atom. The molecular formula is C14H16N4O3. The van der Waals surface area contributed by atoms with Gasteiger partial charge in [-0.15, -0.1) is 5.10 Å². The number of anilines is 1. The third-order valence-corrected chi connectivity index (χ3v) is 3.39. The predicted octanol–water partition coefficient (Wildman–Crippen LogP) is 1.38. The molecule has 1 saturated heterocycles. The van der Waals surface area contributed by atoms with Gasteiger partial charge < -0.3 is 14.8 Å². The van der Waals surface area contributed by atoms with Crippen LogP contribution in [0.15, 0.2) is 28.7 Å². The molecule has 2 heterocycles. The van der Waals surface area contributed by atoms with E-state index in [2.05, 4.69) is 20.8 Å². The van der Waals surface area contributed by atoms with Crippen molar-refractivity contribution in [2.45, 2.75) is 25.3 Å². The summed E-state index contributed by atoms with van der Waals surface area (Å²) in [5.41, 5.74) is 0.548. The minimum atomic E-state index is -0.314. The first-order valence-corrected chi connectivity index (χ1v) is 6.86. The van der Waals surface area contributed by atoms with Crippen molar-refractivity contribution in [3.05, 3.63) is 35.7 Å². The van der Waals surface area contributed by atoms with E-state index in [-0.39, 0.29) is 30.1 Å². The number of carbonyl (C=O) groups is 1. The van der Waals surface area contributed by atoms with Crippen LogP contribution in [0.2, 0.25) is 0 Å². The molecule has 3 N–H and O–H groups in total. The molecule has 1 aromatic carbocycles. The van der Waals surface area contributed by atoms with Gasteiger partial charge in [-0.05, 0) is 25.5 Å². The zero-order chi connectivity index (χ0) is 14.7. The first kappa shape index (κ1) is 13.6. The number of phenolic OH excluding ortho intramolecular Hbond substituents is 1. The molecule has 1 amide bonds. The van der Waals surface area contributed by atoms with Crippen molar-refractivity contribution in [1.82, 2.24) is 15.5 Å². The van der Waals surface area contributed by atoms with Gasteiger partial charge in [-0.25, -0.2) is 0 Å². The molecule has 7 heteroatoms. The number of hydrogen-bond acceptors (Lipinski definition) is 6. The van der Waals surface area contributed by atoms with E-state index in [1.807, 2.05) is 0 Å². The van der Waals surface area contributed by atoms with Crippen molar-refractivity contribution in [2.24, 2.45) is 0 Å². The minimum absolute atomic E-state index is 0.0477. The van der Waals surface area contributed by atoms with E-state index in [1.165, 1.54) is 0 Å². The van der Waals surface area contributed by atoms with Crippen molar-refractivity contribution in [3.63, 3.8) is 0 Å². The quantitative estimate of drug-likeness (QED) is 0.786. The Kier molecular flexibility index (Phi) is 3.83. The largest absolute Gasteiger partial charge is 0.508 e. The van der Waals surface area contributed by atoms with Crippen LogP contribution in [0, 0.1) is 0 Å². The molecular weight excluding hydrogens is 272 g/mol. The fourth-order valence-corrected chi connectivity index (χ4v) is 2.32. The van der Waals surface area contributed by atoms with Crippen LogP contribution in [0.3, 0.4) is 0 Å². The normalized spacial score (nSPS) is 17.8. The number of hydrogen-bond donors (Lipinski definition) is 3. The molecule has 1 aliphatic heterocycles. The fourth-order valence-electron chi connectivity index (χ4n) is 2.32. The maximum absolute atomic E-state index is 11.9. The van der Waals surface area contributed by atoms with Crippen LogP contribution in [-0.2, 0) is 11.2 Å². The summed E-state index contributed by atoms with van der Waals surface area (Å²) in [4.78, 5) is 11.9. The standard InChI is InChI=1S/C14H16N4O3/c19-11-6-2-1-4-9(11)8-12(20)16-14-18-17-13(21-14)10-5-3-7-15-10/h1-2,4,6,10,15,19H,3,5,7-8H2,(H,16,18,20). The van der Waals surface area contributed by atoms with Gasteiger partial charge in [0.25, 0.3) is 0 Å². The molecule has 0 spiro atoms. The zero-order valence-electron chi connectivity index (χ0n) is 11.4. The Hall–Kier alpha value is -2.41. The first-order valence-electron chi connectivity index (χ1n) is 6.86. The average molecular weight is 288 g/mol. The number of carbonyl (C=O) groups excluding carboxylic acids is 1. The Bertz CT molecular complexity index is 635. The average Bonchev–Trinajstić information content (AvgIpc) is 3.12. The first-order chi connectivity index (χ1) is 10.2. The molecule has 1 aliphatic rings. The second-order valence-corrected chi connectivity index (χ2v) is 4.95.